The van der Waals surface area contributed by atoms with Gasteiger partial charge in [-0.05, 0) is 6.92 Å². The van der Waals surface area contributed by atoms with Crippen molar-refractivity contribution < 1.29 is 14.3 Å². The van der Waals surface area contributed by atoms with Gasteiger partial charge >= 0.3 is 5.97 Å². The van der Waals surface area contributed by atoms with Crippen molar-refractivity contribution in [3.63, 3.8) is 0 Å². The number of hydrogen-bond acceptors (Lipinski definition) is 4. The zero-order chi connectivity index (χ0) is 9.30. The summed E-state index contributed by atoms with van der Waals surface area (Å²) < 4.78 is 4.77. The molecule has 1 aromatic heterocycles. The van der Waals surface area contributed by atoms with Crippen LogP contribution in [0.15, 0.2) is 4.42 Å². The van der Waals surface area contributed by atoms with E-state index in [-0.39, 0.29) is 22.8 Å². The van der Waals surface area contributed by atoms with E-state index < -0.39 is 5.97 Å². The maximum Gasteiger partial charge on any atom is 0.340 e. The lowest BCUT2D eigenvalue weighted by atomic mass is 10.1. The molecule has 0 aromatic carbocycles. The van der Waals surface area contributed by atoms with E-state index in [2.05, 4.69) is 0 Å². The molecule has 0 fully saturated rings. The predicted molar refractivity (Wildman–Crippen MR) is 39.5 cm³/mol. The highest BCUT2D eigenvalue weighted by Gasteiger charge is 2.20. The number of rotatable bonds is 1. The highest BCUT2D eigenvalue weighted by molar-refractivity contribution is 5.93. The molecular formula is C7H6N2O3. The van der Waals surface area contributed by atoms with Gasteiger partial charge in [-0.1, -0.05) is 0 Å². The minimum atomic E-state index is -1.20. The monoisotopic (exact) mass is 166 g/mol. The molecule has 1 rings (SSSR count). The van der Waals surface area contributed by atoms with Gasteiger partial charge in [-0.3, -0.25) is 0 Å². The van der Waals surface area contributed by atoms with E-state index in [1.807, 2.05) is 0 Å². The molecule has 0 amide bonds. The van der Waals surface area contributed by atoms with Crippen molar-refractivity contribution in [2.24, 2.45) is 0 Å². The van der Waals surface area contributed by atoms with Gasteiger partial charge in [0.05, 0.1) is 0 Å². The molecule has 0 aliphatic heterocycles. The highest BCUT2D eigenvalue weighted by atomic mass is 16.4. The van der Waals surface area contributed by atoms with E-state index in [1.165, 1.54) is 6.92 Å². The number of aromatic carboxylic acids is 1. The fraction of sp³-hybridized carbons (Fsp3) is 0.143. The lowest BCUT2D eigenvalue weighted by molar-refractivity contribution is 0.0695. The number of anilines is 1. The number of nitrogens with two attached hydrogens (primary N) is 1. The minimum absolute atomic E-state index is 0.111. The van der Waals surface area contributed by atoms with Crippen LogP contribution in [0.4, 0.5) is 5.88 Å². The lowest BCUT2D eigenvalue weighted by Crippen LogP contribution is -1.99. The van der Waals surface area contributed by atoms with Gasteiger partial charge in [-0.2, -0.15) is 5.26 Å². The van der Waals surface area contributed by atoms with Crippen molar-refractivity contribution in [1.29, 1.82) is 5.26 Å². The summed E-state index contributed by atoms with van der Waals surface area (Å²) in [7, 11) is 0. The molecule has 0 aliphatic rings. The Morgan fingerprint density at radius 3 is 2.67 bits per heavy atom. The van der Waals surface area contributed by atoms with Crippen LogP contribution < -0.4 is 5.73 Å². The number of carboxylic acids is 1. The third-order valence-electron chi connectivity index (χ3n) is 1.44. The Balaban J connectivity index is 3.45. The SMILES string of the molecule is Cc1oc(N)c(C#N)c1C(=O)O. The number of carbonyl (C=O) groups is 1. The Labute approximate surface area is 68.0 Å². The van der Waals surface area contributed by atoms with Crippen LogP contribution in [0.3, 0.4) is 0 Å². The van der Waals surface area contributed by atoms with Gasteiger partial charge in [-0.25, -0.2) is 4.79 Å². The summed E-state index contributed by atoms with van der Waals surface area (Å²) in [6, 6.07) is 1.67. The Bertz CT molecular complexity index is 373. The first-order chi connectivity index (χ1) is 5.57. The average molecular weight is 166 g/mol. The molecule has 1 heterocycles. The molecule has 0 spiro atoms. The number of nitriles is 1. The molecule has 0 atom stereocenters. The van der Waals surface area contributed by atoms with E-state index in [1.54, 1.807) is 6.07 Å². The molecule has 0 saturated heterocycles. The standard InChI is InChI=1S/C7H6N2O3/c1-3-5(7(10)11)4(2-8)6(9)12-3/h9H2,1H3,(H,10,11). The summed E-state index contributed by atoms with van der Waals surface area (Å²) in [6.07, 6.45) is 0. The van der Waals surface area contributed by atoms with Crippen molar-refractivity contribution in [2.45, 2.75) is 6.92 Å². The molecule has 62 valence electrons. The normalized spacial score (nSPS) is 9.33. The van der Waals surface area contributed by atoms with E-state index in [4.69, 9.17) is 20.5 Å². The van der Waals surface area contributed by atoms with Crippen molar-refractivity contribution in [3.8, 4) is 6.07 Å². The molecule has 0 aliphatic carbocycles. The molecule has 5 heteroatoms. The van der Waals surface area contributed by atoms with Crippen LogP contribution in [0.1, 0.15) is 21.7 Å². The highest BCUT2D eigenvalue weighted by Crippen LogP contribution is 2.23. The van der Waals surface area contributed by atoms with Crippen LogP contribution in [0, 0.1) is 18.3 Å². The molecule has 0 saturated carbocycles. The number of carboxylic acid groups (broad SMARTS) is 1. The second-order valence-electron chi connectivity index (χ2n) is 2.19. The van der Waals surface area contributed by atoms with Gasteiger partial charge in [0.15, 0.2) is 0 Å². The molecular weight excluding hydrogens is 160 g/mol. The van der Waals surface area contributed by atoms with E-state index in [0.29, 0.717) is 0 Å². The van der Waals surface area contributed by atoms with Gasteiger partial charge in [0.2, 0.25) is 5.88 Å². The number of nitrogens with zero attached hydrogens (tertiary/aromatic N) is 1. The maximum absolute atomic E-state index is 10.5. The summed E-state index contributed by atoms with van der Waals surface area (Å²) in [5.41, 5.74) is 4.97. The third-order valence-corrected chi connectivity index (χ3v) is 1.44. The molecule has 0 radical (unpaired) electrons. The zero-order valence-electron chi connectivity index (χ0n) is 6.29. The summed E-state index contributed by atoms with van der Waals surface area (Å²) in [5.74, 6) is -1.20. The van der Waals surface area contributed by atoms with Crippen molar-refractivity contribution in [3.05, 3.63) is 16.9 Å². The predicted octanol–water partition coefficient (Wildman–Crippen LogP) is 0.740. The van der Waals surface area contributed by atoms with Gasteiger partial charge in [0, 0.05) is 0 Å². The second-order valence-corrected chi connectivity index (χ2v) is 2.19. The summed E-state index contributed by atoms with van der Waals surface area (Å²) in [4.78, 5) is 10.5. The largest absolute Gasteiger partial charge is 0.478 e. The van der Waals surface area contributed by atoms with Gasteiger partial charge in [-0.15, -0.1) is 0 Å². The topological polar surface area (TPSA) is 100 Å². The molecule has 0 unspecified atom stereocenters. The van der Waals surface area contributed by atoms with E-state index in [0.717, 1.165) is 0 Å². The van der Waals surface area contributed by atoms with Crippen LogP contribution in [0.25, 0.3) is 0 Å². The fourth-order valence-corrected chi connectivity index (χ4v) is 0.935. The van der Waals surface area contributed by atoms with Crippen molar-refractivity contribution in [1.82, 2.24) is 0 Å². The molecule has 1 aromatic rings. The van der Waals surface area contributed by atoms with E-state index >= 15 is 0 Å². The molecule has 12 heavy (non-hydrogen) atoms. The van der Waals surface area contributed by atoms with E-state index in [9.17, 15) is 4.79 Å². The van der Waals surface area contributed by atoms with Gasteiger partial charge < -0.3 is 15.3 Å². The number of hydrogen-bond donors (Lipinski definition) is 2. The van der Waals surface area contributed by atoms with Crippen LogP contribution >= 0.6 is 0 Å². The molecule has 3 N–H and O–H groups in total. The van der Waals surface area contributed by atoms with Crippen LogP contribution in [-0.4, -0.2) is 11.1 Å². The Kier molecular flexibility index (Phi) is 1.75. The van der Waals surface area contributed by atoms with Crippen LogP contribution in [-0.2, 0) is 0 Å². The number of furan rings is 1. The Morgan fingerprint density at radius 1 is 1.75 bits per heavy atom. The van der Waals surface area contributed by atoms with Crippen molar-refractivity contribution >= 4 is 11.9 Å². The van der Waals surface area contributed by atoms with Crippen LogP contribution in [0.2, 0.25) is 0 Å². The van der Waals surface area contributed by atoms with Crippen LogP contribution in [0.5, 0.6) is 0 Å². The molecule has 5 nitrogen and oxygen atoms in total. The minimum Gasteiger partial charge on any atom is -0.478 e. The second kappa shape index (κ2) is 2.58. The summed E-state index contributed by atoms with van der Waals surface area (Å²) in [5, 5.41) is 17.1. The smallest absolute Gasteiger partial charge is 0.340 e. The van der Waals surface area contributed by atoms with Gasteiger partial charge in [0.1, 0.15) is 23.0 Å². The quantitative estimate of drug-likeness (QED) is 0.640. The number of aryl methyl sites for hydroxylation is 1. The Hall–Kier alpha value is -1.96. The first-order valence-electron chi connectivity index (χ1n) is 3.10. The van der Waals surface area contributed by atoms with Gasteiger partial charge in [0.25, 0.3) is 0 Å². The zero-order valence-corrected chi connectivity index (χ0v) is 6.29. The first-order valence-corrected chi connectivity index (χ1v) is 3.10. The lowest BCUT2D eigenvalue weighted by Gasteiger charge is -1.87. The fourth-order valence-electron chi connectivity index (χ4n) is 0.935. The number of nitrogen functional groups attached to an aromatic ring is 1. The Morgan fingerprint density at radius 2 is 2.33 bits per heavy atom. The first kappa shape index (κ1) is 8.14. The average Bonchev–Trinajstić information content (AvgIpc) is 2.24. The molecule has 0 bridgehead atoms. The summed E-state index contributed by atoms with van der Waals surface area (Å²) in [6.45, 7) is 1.45. The van der Waals surface area contributed by atoms with Crippen molar-refractivity contribution in [2.75, 3.05) is 5.73 Å². The third kappa shape index (κ3) is 0.992. The maximum atomic E-state index is 10.5. The summed E-state index contributed by atoms with van der Waals surface area (Å²) >= 11 is 0.